The van der Waals surface area contributed by atoms with Crippen molar-refractivity contribution in [1.29, 1.82) is 0 Å². The van der Waals surface area contributed by atoms with Crippen LogP contribution in [0.15, 0.2) is 5.16 Å². The highest BCUT2D eigenvalue weighted by atomic mass is 35.7. The number of halogens is 1. The number of methoxy groups -OCH3 is 2. The maximum absolute atomic E-state index is 11.5. The number of hydrogen-bond acceptors (Lipinski definition) is 6. The molecule has 1 aromatic heterocycles. The lowest BCUT2D eigenvalue weighted by Gasteiger charge is -2.26. The first-order chi connectivity index (χ1) is 8.80. The summed E-state index contributed by atoms with van der Waals surface area (Å²) in [5.74, 6) is 0.411. The van der Waals surface area contributed by atoms with E-state index < -0.39 is 14.7 Å². The molecule has 19 heavy (non-hydrogen) atoms. The van der Waals surface area contributed by atoms with Crippen molar-refractivity contribution in [3.05, 3.63) is 5.82 Å². The van der Waals surface area contributed by atoms with Crippen LogP contribution in [0.1, 0.15) is 26.1 Å². The van der Waals surface area contributed by atoms with Gasteiger partial charge in [0.25, 0.3) is 14.2 Å². The Morgan fingerprint density at radius 3 is 2.42 bits per heavy atom. The molecule has 9 heteroatoms. The number of aromatic nitrogens is 3. The normalized spacial score (nSPS) is 15.4. The Bertz CT molecular complexity index is 525. The van der Waals surface area contributed by atoms with Crippen LogP contribution in [0.4, 0.5) is 0 Å². The minimum absolute atomic E-state index is 0.277. The summed E-state index contributed by atoms with van der Waals surface area (Å²) in [5, 5.41) is 7.28. The molecule has 1 atom stereocenters. The van der Waals surface area contributed by atoms with Gasteiger partial charge in [0.2, 0.25) is 0 Å². The van der Waals surface area contributed by atoms with E-state index in [2.05, 4.69) is 10.2 Å². The van der Waals surface area contributed by atoms with Crippen LogP contribution in [-0.4, -0.2) is 44.0 Å². The van der Waals surface area contributed by atoms with Gasteiger partial charge in [-0.15, -0.1) is 10.2 Å². The van der Waals surface area contributed by atoms with Crippen molar-refractivity contribution >= 4 is 19.7 Å². The third kappa shape index (κ3) is 3.44. The van der Waals surface area contributed by atoms with Crippen molar-refractivity contribution < 1.29 is 17.9 Å². The smallest absolute Gasteiger partial charge is 0.296 e. The Balaban J connectivity index is 3.37. The molecule has 0 saturated carbocycles. The van der Waals surface area contributed by atoms with Crippen LogP contribution >= 0.6 is 10.7 Å². The predicted octanol–water partition coefficient (Wildman–Crippen LogP) is 1.12. The summed E-state index contributed by atoms with van der Waals surface area (Å²) in [7, 11) is 4.45. The van der Waals surface area contributed by atoms with Gasteiger partial charge in [-0.1, -0.05) is 6.92 Å². The fourth-order valence-corrected chi connectivity index (χ4v) is 2.56. The van der Waals surface area contributed by atoms with Crippen molar-refractivity contribution in [1.82, 2.24) is 14.8 Å². The minimum Gasteiger partial charge on any atom is -0.383 e. The number of ether oxygens (including phenoxy) is 2. The average Bonchev–Trinajstić information content (AvgIpc) is 2.79. The fourth-order valence-electron chi connectivity index (χ4n) is 1.64. The summed E-state index contributed by atoms with van der Waals surface area (Å²) in [6.45, 7) is 4.31. The molecule has 0 aromatic carbocycles. The van der Waals surface area contributed by atoms with Gasteiger partial charge in [0.15, 0.2) is 5.82 Å². The standard InChI is InChI=1S/C10H18ClN3O4S/c1-5-10(2,18-4)8-12-13-9(19(11,15)16)14(8)6-7-17-3/h5-7H2,1-4H3. The van der Waals surface area contributed by atoms with Gasteiger partial charge in [-0.25, -0.2) is 8.42 Å². The van der Waals surface area contributed by atoms with Gasteiger partial charge in [-0.2, -0.15) is 0 Å². The largest absolute Gasteiger partial charge is 0.383 e. The molecule has 7 nitrogen and oxygen atoms in total. The molecule has 110 valence electrons. The summed E-state index contributed by atoms with van der Waals surface area (Å²) in [6, 6.07) is 0. The van der Waals surface area contributed by atoms with Crippen LogP contribution in [0.3, 0.4) is 0 Å². The molecule has 0 bridgehead atoms. The molecule has 0 aliphatic carbocycles. The van der Waals surface area contributed by atoms with Gasteiger partial charge in [0.1, 0.15) is 5.60 Å². The van der Waals surface area contributed by atoms with Gasteiger partial charge in [-0.3, -0.25) is 4.57 Å². The second-order valence-electron chi connectivity index (χ2n) is 4.18. The lowest BCUT2D eigenvalue weighted by Crippen LogP contribution is -2.29. The first kappa shape index (κ1) is 16.4. The Kier molecular flexibility index (Phi) is 5.31. The Morgan fingerprint density at radius 2 is 2.00 bits per heavy atom. The van der Waals surface area contributed by atoms with Crippen LogP contribution in [0, 0.1) is 0 Å². The van der Waals surface area contributed by atoms with Gasteiger partial charge in [-0.05, 0) is 13.3 Å². The monoisotopic (exact) mass is 311 g/mol. The second-order valence-corrected chi connectivity index (χ2v) is 6.64. The SMILES string of the molecule is CCC(C)(OC)c1nnc(S(=O)(=O)Cl)n1CCOC. The summed E-state index contributed by atoms with van der Waals surface area (Å²) < 4.78 is 34.8. The molecule has 1 heterocycles. The molecule has 0 N–H and O–H groups in total. The van der Waals surface area contributed by atoms with Crippen molar-refractivity contribution in [2.24, 2.45) is 0 Å². The van der Waals surface area contributed by atoms with E-state index in [1.807, 2.05) is 13.8 Å². The topological polar surface area (TPSA) is 83.3 Å². The van der Waals surface area contributed by atoms with Crippen LogP contribution in [0.2, 0.25) is 0 Å². The average molecular weight is 312 g/mol. The van der Waals surface area contributed by atoms with Crippen LogP contribution in [-0.2, 0) is 30.7 Å². The highest BCUT2D eigenvalue weighted by molar-refractivity contribution is 8.13. The maximum Gasteiger partial charge on any atom is 0.296 e. The zero-order chi connectivity index (χ0) is 14.7. The zero-order valence-electron chi connectivity index (χ0n) is 11.4. The third-order valence-corrected chi connectivity index (χ3v) is 4.20. The summed E-state index contributed by atoms with van der Waals surface area (Å²) >= 11 is 0. The molecule has 0 spiro atoms. The van der Waals surface area contributed by atoms with E-state index in [0.717, 1.165) is 0 Å². The van der Waals surface area contributed by atoms with Crippen molar-refractivity contribution in [3.8, 4) is 0 Å². The lowest BCUT2D eigenvalue weighted by atomic mass is 10.0. The van der Waals surface area contributed by atoms with Crippen LogP contribution in [0.5, 0.6) is 0 Å². The predicted molar refractivity (Wildman–Crippen MR) is 69.6 cm³/mol. The van der Waals surface area contributed by atoms with Gasteiger partial charge < -0.3 is 9.47 Å². The molecular formula is C10H18ClN3O4S. The molecule has 1 unspecified atom stereocenters. The lowest BCUT2D eigenvalue weighted by molar-refractivity contribution is -0.0132. The first-order valence-electron chi connectivity index (χ1n) is 5.72. The van der Waals surface area contributed by atoms with Crippen molar-refractivity contribution in [2.45, 2.75) is 37.6 Å². The van der Waals surface area contributed by atoms with E-state index in [1.165, 1.54) is 18.8 Å². The summed E-state index contributed by atoms with van der Waals surface area (Å²) in [4.78, 5) is 0. The molecule has 0 radical (unpaired) electrons. The van der Waals surface area contributed by atoms with E-state index >= 15 is 0 Å². The van der Waals surface area contributed by atoms with E-state index in [0.29, 0.717) is 18.9 Å². The van der Waals surface area contributed by atoms with E-state index in [1.54, 1.807) is 0 Å². The Labute approximate surface area is 117 Å². The first-order valence-corrected chi connectivity index (χ1v) is 8.03. The minimum atomic E-state index is -3.97. The van der Waals surface area contributed by atoms with Crippen LogP contribution in [0.25, 0.3) is 0 Å². The molecule has 0 aliphatic heterocycles. The van der Waals surface area contributed by atoms with Gasteiger partial charge in [0, 0.05) is 24.9 Å². The molecule has 1 rings (SSSR count). The zero-order valence-corrected chi connectivity index (χ0v) is 13.0. The number of hydrogen-bond donors (Lipinski definition) is 0. The molecular weight excluding hydrogens is 294 g/mol. The van der Waals surface area contributed by atoms with Crippen molar-refractivity contribution in [2.75, 3.05) is 20.8 Å². The van der Waals surface area contributed by atoms with E-state index in [4.69, 9.17) is 20.2 Å². The summed E-state index contributed by atoms with van der Waals surface area (Å²) in [6.07, 6.45) is 0.608. The highest BCUT2D eigenvalue weighted by Crippen LogP contribution is 2.28. The molecule has 1 aromatic rings. The van der Waals surface area contributed by atoms with Gasteiger partial charge >= 0.3 is 0 Å². The third-order valence-electron chi connectivity index (χ3n) is 3.05. The molecule has 0 aliphatic rings. The quantitative estimate of drug-likeness (QED) is 0.702. The number of nitrogens with zero attached hydrogens (tertiary/aromatic N) is 3. The molecule has 0 amide bonds. The molecule has 0 saturated heterocycles. The van der Waals surface area contributed by atoms with E-state index in [9.17, 15) is 8.42 Å². The number of rotatable bonds is 7. The second kappa shape index (κ2) is 6.17. The molecule has 0 fully saturated rings. The van der Waals surface area contributed by atoms with Crippen LogP contribution < -0.4 is 0 Å². The van der Waals surface area contributed by atoms with Gasteiger partial charge in [0.05, 0.1) is 13.2 Å². The summed E-state index contributed by atoms with van der Waals surface area (Å²) in [5.41, 5.74) is -0.736. The Morgan fingerprint density at radius 1 is 1.37 bits per heavy atom. The maximum atomic E-state index is 11.5. The Hall–Kier alpha value is -0.700. The fraction of sp³-hybridized carbons (Fsp3) is 0.800. The highest BCUT2D eigenvalue weighted by Gasteiger charge is 2.34. The van der Waals surface area contributed by atoms with E-state index in [-0.39, 0.29) is 11.7 Å². The van der Waals surface area contributed by atoms with Crippen molar-refractivity contribution in [3.63, 3.8) is 0 Å².